The Bertz CT molecular complexity index is 583. The maximum absolute atomic E-state index is 12.5. The average molecular weight is 318 g/mol. The number of ketones is 2. The van der Waals surface area contributed by atoms with Gasteiger partial charge < -0.3 is 5.11 Å². The van der Waals surface area contributed by atoms with Crippen molar-refractivity contribution in [2.75, 3.05) is 0 Å². The van der Waals surface area contributed by atoms with Crippen LogP contribution in [0.3, 0.4) is 0 Å². The molecule has 4 rings (SSSR count). The lowest BCUT2D eigenvalue weighted by Gasteiger charge is -2.65. The molecule has 0 saturated heterocycles. The number of hydrogen-bond donors (Lipinski definition) is 1. The first-order chi connectivity index (χ1) is 10.7. The van der Waals surface area contributed by atoms with Gasteiger partial charge in [0.15, 0.2) is 0 Å². The second-order valence-electron chi connectivity index (χ2n) is 9.66. The molecule has 4 fully saturated rings. The normalized spacial score (nSPS) is 56.0. The Kier molecular flexibility index (Phi) is 3.07. The highest BCUT2D eigenvalue weighted by Crippen LogP contribution is 2.69. The van der Waals surface area contributed by atoms with Gasteiger partial charge >= 0.3 is 0 Å². The summed E-state index contributed by atoms with van der Waals surface area (Å²) in [7, 11) is 0. The fourth-order valence-electron chi connectivity index (χ4n) is 7.14. The van der Waals surface area contributed by atoms with Gasteiger partial charge in [0.05, 0.1) is 11.0 Å². The highest BCUT2D eigenvalue weighted by Gasteiger charge is 2.69. The van der Waals surface area contributed by atoms with Crippen molar-refractivity contribution in [2.45, 2.75) is 84.2 Å². The zero-order valence-corrected chi connectivity index (χ0v) is 14.8. The van der Waals surface area contributed by atoms with E-state index in [1.54, 1.807) is 0 Å². The molecule has 0 amide bonds. The smallest absolute Gasteiger partial charge is 0.141 e. The van der Waals surface area contributed by atoms with E-state index in [9.17, 15) is 14.7 Å². The molecule has 1 N–H and O–H groups in total. The fraction of sp³-hybridized carbons (Fsp3) is 0.900. The number of carbonyl (C=O) groups is 2. The van der Waals surface area contributed by atoms with Crippen LogP contribution < -0.4 is 0 Å². The van der Waals surface area contributed by atoms with Crippen molar-refractivity contribution in [3.8, 4) is 0 Å². The van der Waals surface area contributed by atoms with E-state index in [2.05, 4.69) is 13.8 Å². The van der Waals surface area contributed by atoms with Crippen LogP contribution in [0, 0.1) is 28.1 Å². The van der Waals surface area contributed by atoms with Crippen molar-refractivity contribution < 1.29 is 14.7 Å². The summed E-state index contributed by atoms with van der Waals surface area (Å²) in [6.45, 7) is 6.69. The summed E-state index contributed by atoms with van der Waals surface area (Å²) in [6.07, 6.45) is 7.42. The van der Waals surface area contributed by atoms with Crippen LogP contribution in [-0.2, 0) is 9.59 Å². The molecule has 23 heavy (non-hydrogen) atoms. The Morgan fingerprint density at radius 3 is 2.35 bits per heavy atom. The van der Waals surface area contributed by atoms with Gasteiger partial charge in [-0.05, 0) is 68.1 Å². The lowest BCUT2D eigenvalue weighted by molar-refractivity contribution is -0.214. The predicted molar refractivity (Wildman–Crippen MR) is 87.8 cm³/mol. The Labute approximate surface area is 139 Å². The van der Waals surface area contributed by atoms with Crippen molar-refractivity contribution >= 4 is 11.6 Å². The largest absolute Gasteiger partial charge is 0.389 e. The maximum Gasteiger partial charge on any atom is 0.141 e. The fourth-order valence-corrected chi connectivity index (χ4v) is 7.14. The zero-order valence-electron chi connectivity index (χ0n) is 14.8. The molecule has 0 heterocycles. The minimum atomic E-state index is -0.807. The van der Waals surface area contributed by atoms with Crippen LogP contribution in [0.4, 0.5) is 0 Å². The van der Waals surface area contributed by atoms with Crippen LogP contribution in [-0.4, -0.2) is 22.3 Å². The number of fused-ring (bicyclic) bond motifs is 5. The molecular formula is C20H30O3. The topological polar surface area (TPSA) is 54.4 Å². The first-order valence-corrected chi connectivity index (χ1v) is 9.44. The van der Waals surface area contributed by atoms with Gasteiger partial charge in [-0.25, -0.2) is 0 Å². The van der Waals surface area contributed by atoms with Gasteiger partial charge in [-0.2, -0.15) is 0 Å². The maximum atomic E-state index is 12.5. The highest BCUT2D eigenvalue weighted by atomic mass is 16.3. The molecule has 0 aromatic rings. The molecule has 0 aromatic heterocycles. The van der Waals surface area contributed by atoms with Gasteiger partial charge in [0.2, 0.25) is 0 Å². The monoisotopic (exact) mass is 318 g/mol. The molecule has 4 aliphatic rings. The van der Waals surface area contributed by atoms with Crippen LogP contribution >= 0.6 is 0 Å². The Balaban J connectivity index is 1.75. The Hall–Kier alpha value is -0.700. The average Bonchev–Trinajstić information content (AvgIpc) is 2.73. The van der Waals surface area contributed by atoms with Crippen molar-refractivity contribution in [2.24, 2.45) is 28.1 Å². The molecule has 0 spiro atoms. The first kappa shape index (κ1) is 15.8. The molecule has 0 bridgehead atoms. The van der Waals surface area contributed by atoms with Gasteiger partial charge in [0.1, 0.15) is 11.6 Å². The van der Waals surface area contributed by atoms with E-state index in [0.717, 1.165) is 32.1 Å². The van der Waals surface area contributed by atoms with Gasteiger partial charge in [0, 0.05) is 19.3 Å². The zero-order chi connectivity index (χ0) is 16.7. The molecular weight excluding hydrogens is 288 g/mol. The second-order valence-corrected chi connectivity index (χ2v) is 9.66. The second kappa shape index (κ2) is 4.47. The quantitative estimate of drug-likeness (QED) is 0.741. The van der Waals surface area contributed by atoms with Crippen LogP contribution in [0.5, 0.6) is 0 Å². The van der Waals surface area contributed by atoms with E-state index in [4.69, 9.17) is 0 Å². The number of hydrogen-bond acceptors (Lipinski definition) is 3. The van der Waals surface area contributed by atoms with Crippen molar-refractivity contribution in [1.82, 2.24) is 0 Å². The van der Waals surface area contributed by atoms with E-state index in [0.29, 0.717) is 37.4 Å². The highest BCUT2D eigenvalue weighted by molar-refractivity contribution is 5.88. The lowest BCUT2D eigenvalue weighted by Crippen LogP contribution is -2.64. The van der Waals surface area contributed by atoms with E-state index >= 15 is 0 Å². The van der Waals surface area contributed by atoms with Crippen molar-refractivity contribution in [1.29, 1.82) is 0 Å². The minimum Gasteiger partial charge on any atom is -0.389 e. The van der Waals surface area contributed by atoms with E-state index in [1.807, 2.05) is 6.92 Å². The van der Waals surface area contributed by atoms with Crippen molar-refractivity contribution in [3.63, 3.8) is 0 Å². The first-order valence-electron chi connectivity index (χ1n) is 9.44. The predicted octanol–water partition coefficient (Wildman–Crippen LogP) is 3.67. The number of aliphatic hydroxyl groups is 1. The van der Waals surface area contributed by atoms with Gasteiger partial charge in [-0.3, -0.25) is 9.59 Å². The molecule has 3 heteroatoms. The summed E-state index contributed by atoms with van der Waals surface area (Å²) in [5, 5.41) is 11.6. The number of carbonyl (C=O) groups excluding carboxylic acids is 2. The Morgan fingerprint density at radius 2 is 1.61 bits per heavy atom. The van der Waals surface area contributed by atoms with Gasteiger partial charge in [-0.15, -0.1) is 0 Å². The lowest BCUT2D eigenvalue weighted by atomic mass is 9.40. The molecule has 0 aliphatic heterocycles. The third kappa shape index (κ3) is 1.70. The molecule has 4 saturated carbocycles. The number of Topliss-reactive ketones (excluding diaryl/α,β-unsaturated/α-hetero) is 2. The van der Waals surface area contributed by atoms with Gasteiger partial charge in [0.25, 0.3) is 0 Å². The molecule has 4 aliphatic carbocycles. The summed E-state index contributed by atoms with van der Waals surface area (Å²) in [5.41, 5.74) is -1.12. The molecule has 3 nitrogen and oxygen atoms in total. The molecule has 0 radical (unpaired) electrons. The molecule has 6 atom stereocenters. The Morgan fingerprint density at radius 1 is 0.913 bits per heavy atom. The summed E-state index contributed by atoms with van der Waals surface area (Å²) in [5.74, 6) is 1.38. The third-order valence-corrected chi connectivity index (χ3v) is 9.07. The van der Waals surface area contributed by atoms with E-state index in [-0.39, 0.29) is 22.5 Å². The summed E-state index contributed by atoms with van der Waals surface area (Å²) >= 11 is 0. The van der Waals surface area contributed by atoms with E-state index < -0.39 is 11.0 Å². The van der Waals surface area contributed by atoms with Crippen LogP contribution in [0.2, 0.25) is 0 Å². The van der Waals surface area contributed by atoms with Crippen LogP contribution in [0.25, 0.3) is 0 Å². The summed E-state index contributed by atoms with van der Waals surface area (Å²) in [4.78, 5) is 24.5. The number of rotatable bonds is 0. The van der Waals surface area contributed by atoms with Crippen LogP contribution in [0.15, 0.2) is 0 Å². The summed E-state index contributed by atoms with van der Waals surface area (Å²) < 4.78 is 0. The molecule has 0 aromatic carbocycles. The van der Waals surface area contributed by atoms with Gasteiger partial charge in [-0.1, -0.05) is 13.8 Å². The summed E-state index contributed by atoms with van der Waals surface area (Å²) in [6, 6.07) is 0. The third-order valence-electron chi connectivity index (χ3n) is 9.07. The molecule has 128 valence electrons. The van der Waals surface area contributed by atoms with Crippen molar-refractivity contribution in [3.05, 3.63) is 0 Å². The SMILES string of the molecule is C[C@]12CC[C@H]3[C@@H](CC[C@@]4(C)C(=O)CC[C@]34O)[C@@]1(C)CCC(=O)C2. The minimum absolute atomic E-state index is 0.0796. The van der Waals surface area contributed by atoms with E-state index in [1.165, 1.54) is 0 Å². The molecule has 0 unspecified atom stereocenters. The van der Waals surface area contributed by atoms with Crippen LogP contribution in [0.1, 0.15) is 78.6 Å². The standard InChI is InChI=1S/C20H30O3/c1-17-8-5-15-14(18(17,2)9-4-13(21)12-17)6-10-19(3)16(22)7-11-20(15,19)23/h14-15,23H,4-12H2,1-3H3/t14-,15+,17-,18-,19+,20+/m1/s1.